The van der Waals surface area contributed by atoms with Crippen LogP contribution in [0.15, 0.2) is 42.5 Å². The molecule has 0 unspecified atom stereocenters. The predicted molar refractivity (Wildman–Crippen MR) is 94.1 cm³/mol. The van der Waals surface area contributed by atoms with E-state index in [4.69, 9.17) is 17.3 Å². The van der Waals surface area contributed by atoms with Gasteiger partial charge < -0.3 is 11.1 Å². The second-order valence-electron chi connectivity index (χ2n) is 5.54. The zero-order valence-electron chi connectivity index (χ0n) is 13.3. The van der Waals surface area contributed by atoms with E-state index < -0.39 is 11.7 Å². The van der Waals surface area contributed by atoms with Crippen LogP contribution in [-0.2, 0) is 6.54 Å². The quantitative estimate of drug-likeness (QED) is 0.748. The van der Waals surface area contributed by atoms with Gasteiger partial charge in [0.25, 0.3) is 5.91 Å². The van der Waals surface area contributed by atoms with Crippen LogP contribution in [0.25, 0.3) is 0 Å². The molecule has 8 heteroatoms. The average molecular weight is 360 g/mol. The van der Waals surface area contributed by atoms with E-state index in [1.807, 2.05) is 19.1 Å². The Kier molecular flexibility index (Phi) is 4.67. The molecule has 0 bridgehead atoms. The number of aryl methyl sites for hydroxylation is 1. The second kappa shape index (κ2) is 6.90. The number of amides is 1. The van der Waals surface area contributed by atoms with Gasteiger partial charge in [0.1, 0.15) is 5.82 Å². The number of nitrogens with one attached hydrogen (secondary N) is 1. The Labute approximate surface area is 148 Å². The molecule has 0 atom stereocenters. The number of hydrogen-bond donors (Lipinski definition) is 2. The number of nitrogen functional groups attached to an aromatic ring is 1. The minimum absolute atomic E-state index is 0.0128. The standard InChI is InChI=1S/C17H15ClFN5O/c1-10-2-6-13(7-3-10)21-17(25)15-16(20)24(23-22-15)9-11-4-5-12(19)8-14(11)18/h2-8H,9,20H2,1H3,(H,21,25). The van der Waals surface area contributed by atoms with E-state index in [0.717, 1.165) is 5.56 Å². The van der Waals surface area contributed by atoms with Crippen molar-refractivity contribution in [3.05, 3.63) is 70.1 Å². The molecule has 128 valence electrons. The molecule has 1 aromatic heterocycles. The zero-order chi connectivity index (χ0) is 18.0. The molecule has 0 aliphatic rings. The maximum Gasteiger partial charge on any atom is 0.280 e. The summed E-state index contributed by atoms with van der Waals surface area (Å²) in [6.07, 6.45) is 0. The zero-order valence-corrected chi connectivity index (χ0v) is 14.1. The summed E-state index contributed by atoms with van der Waals surface area (Å²) in [4.78, 5) is 12.3. The average Bonchev–Trinajstić information content (AvgIpc) is 2.93. The number of benzene rings is 2. The fourth-order valence-electron chi connectivity index (χ4n) is 2.24. The Morgan fingerprint density at radius 2 is 2.00 bits per heavy atom. The van der Waals surface area contributed by atoms with Gasteiger partial charge in [0.15, 0.2) is 11.5 Å². The van der Waals surface area contributed by atoms with E-state index in [9.17, 15) is 9.18 Å². The highest BCUT2D eigenvalue weighted by Crippen LogP contribution is 2.20. The van der Waals surface area contributed by atoms with Crippen LogP contribution in [0.2, 0.25) is 5.02 Å². The smallest absolute Gasteiger partial charge is 0.280 e. The van der Waals surface area contributed by atoms with Crippen LogP contribution in [0.1, 0.15) is 21.6 Å². The Hall–Kier alpha value is -2.93. The Morgan fingerprint density at radius 3 is 2.68 bits per heavy atom. The van der Waals surface area contributed by atoms with E-state index in [-0.39, 0.29) is 23.1 Å². The van der Waals surface area contributed by atoms with Gasteiger partial charge in [-0.05, 0) is 36.8 Å². The van der Waals surface area contributed by atoms with Crippen molar-refractivity contribution in [2.24, 2.45) is 0 Å². The van der Waals surface area contributed by atoms with Crippen LogP contribution in [0.3, 0.4) is 0 Å². The van der Waals surface area contributed by atoms with E-state index >= 15 is 0 Å². The Morgan fingerprint density at radius 1 is 1.28 bits per heavy atom. The highest BCUT2D eigenvalue weighted by atomic mass is 35.5. The number of rotatable bonds is 4. The highest BCUT2D eigenvalue weighted by molar-refractivity contribution is 6.31. The summed E-state index contributed by atoms with van der Waals surface area (Å²) in [6, 6.07) is 11.4. The molecule has 0 aliphatic heterocycles. The number of nitrogens with two attached hydrogens (primary N) is 1. The third-order valence-electron chi connectivity index (χ3n) is 3.63. The van der Waals surface area contributed by atoms with Crippen LogP contribution in [-0.4, -0.2) is 20.9 Å². The lowest BCUT2D eigenvalue weighted by molar-refractivity contribution is 0.102. The van der Waals surface area contributed by atoms with Gasteiger partial charge in [0, 0.05) is 10.7 Å². The number of hydrogen-bond acceptors (Lipinski definition) is 4. The van der Waals surface area contributed by atoms with Crippen molar-refractivity contribution in [2.45, 2.75) is 13.5 Å². The molecule has 25 heavy (non-hydrogen) atoms. The van der Waals surface area contributed by atoms with Gasteiger partial charge in [-0.25, -0.2) is 9.07 Å². The summed E-state index contributed by atoms with van der Waals surface area (Å²) in [5.74, 6) is -0.790. The molecule has 0 saturated heterocycles. The SMILES string of the molecule is Cc1ccc(NC(=O)c2nnn(Cc3ccc(F)cc3Cl)c2N)cc1. The fraction of sp³-hybridized carbons (Fsp3) is 0.118. The number of halogens is 2. The molecule has 0 saturated carbocycles. The minimum atomic E-state index is -0.460. The Bertz CT molecular complexity index is 923. The molecule has 1 heterocycles. The largest absolute Gasteiger partial charge is 0.382 e. The van der Waals surface area contributed by atoms with Gasteiger partial charge in [0.05, 0.1) is 6.54 Å². The first-order valence-electron chi connectivity index (χ1n) is 7.45. The molecule has 6 nitrogen and oxygen atoms in total. The first-order chi connectivity index (χ1) is 11.9. The first kappa shape index (κ1) is 16.9. The molecular formula is C17H15ClFN5O. The van der Waals surface area contributed by atoms with Gasteiger partial charge in [-0.3, -0.25) is 4.79 Å². The van der Waals surface area contributed by atoms with Crippen molar-refractivity contribution in [3.8, 4) is 0 Å². The lowest BCUT2D eigenvalue weighted by Crippen LogP contribution is -2.15. The third kappa shape index (κ3) is 3.77. The molecule has 1 amide bonds. The molecule has 3 rings (SSSR count). The number of anilines is 2. The second-order valence-corrected chi connectivity index (χ2v) is 5.94. The number of aromatic nitrogens is 3. The normalized spacial score (nSPS) is 10.7. The first-order valence-corrected chi connectivity index (χ1v) is 7.83. The van der Waals surface area contributed by atoms with Crippen LogP contribution < -0.4 is 11.1 Å². The van der Waals surface area contributed by atoms with Crippen molar-refractivity contribution in [1.82, 2.24) is 15.0 Å². The van der Waals surface area contributed by atoms with Crippen LogP contribution in [0.5, 0.6) is 0 Å². The summed E-state index contributed by atoms with van der Waals surface area (Å²) >= 11 is 6.00. The van der Waals surface area contributed by atoms with Crippen molar-refractivity contribution in [3.63, 3.8) is 0 Å². The van der Waals surface area contributed by atoms with E-state index in [1.54, 1.807) is 12.1 Å². The van der Waals surface area contributed by atoms with Crippen molar-refractivity contribution >= 4 is 29.0 Å². The summed E-state index contributed by atoms with van der Waals surface area (Å²) in [5, 5.41) is 10.7. The molecular weight excluding hydrogens is 345 g/mol. The molecule has 0 fully saturated rings. The van der Waals surface area contributed by atoms with Crippen LogP contribution >= 0.6 is 11.6 Å². The number of carbonyl (C=O) groups is 1. The molecule has 3 aromatic rings. The lowest BCUT2D eigenvalue weighted by Gasteiger charge is -2.07. The lowest BCUT2D eigenvalue weighted by atomic mass is 10.2. The summed E-state index contributed by atoms with van der Waals surface area (Å²) in [7, 11) is 0. The maximum atomic E-state index is 13.1. The summed E-state index contributed by atoms with van der Waals surface area (Å²) < 4.78 is 14.4. The summed E-state index contributed by atoms with van der Waals surface area (Å²) in [5.41, 5.74) is 8.31. The fourth-order valence-corrected chi connectivity index (χ4v) is 2.46. The van der Waals surface area contributed by atoms with Gasteiger partial charge in [0.2, 0.25) is 0 Å². The van der Waals surface area contributed by atoms with Gasteiger partial charge in [-0.2, -0.15) is 0 Å². The van der Waals surface area contributed by atoms with Crippen LogP contribution in [0.4, 0.5) is 15.9 Å². The van der Waals surface area contributed by atoms with Gasteiger partial charge in [-0.15, -0.1) is 5.10 Å². The molecule has 2 aromatic carbocycles. The molecule has 3 N–H and O–H groups in total. The monoisotopic (exact) mass is 359 g/mol. The summed E-state index contributed by atoms with van der Waals surface area (Å²) in [6.45, 7) is 2.13. The van der Waals surface area contributed by atoms with Gasteiger partial charge >= 0.3 is 0 Å². The van der Waals surface area contributed by atoms with Crippen molar-refractivity contribution < 1.29 is 9.18 Å². The van der Waals surface area contributed by atoms with E-state index in [1.165, 1.54) is 22.9 Å². The van der Waals surface area contributed by atoms with Crippen molar-refractivity contribution in [1.29, 1.82) is 0 Å². The highest BCUT2D eigenvalue weighted by Gasteiger charge is 2.18. The number of carbonyl (C=O) groups excluding carboxylic acids is 1. The predicted octanol–water partition coefficient (Wildman–Crippen LogP) is 3.26. The third-order valence-corrected chi connectivity index (χ3v) is 3.98. The topological polar surface area (TPSA) is 85.8 Å². The molecule has 0 aliphatic carbocycles. The van der Waals surface area contributed by atoms with Gasteiger partial charge in [-0.1, -0.05) is 40.6 Å². The van der Waals surface area contributed by atoms with E-state index in [2.05, 4.69) is 15.6 Å². The Balaban J connectivity index is 1.78. The van der Waals surface area contributed by atoms with E-state index in [0.29, 0.717) is 11.3 Å². The minimum Gasteiger partial charge on any atom is -0.382 e. The van der Waals surface area contributed by atoms with Crippen molar-refractivity contribution in [2.75, 3.05) is 11.1 Å². The molecule has 0 radical (unpaired) electrons. The number of nitrogens with zero attached hydrogens (tertiary/aromatic N) is 3. The van der Waals surface area contributed by atoms with Crippen LogP contribution in [0, 0.1) is 12.7 Å². The molecule has 0 spiro atoms. The maximum absolute atomic E-state index is 13.1.